The lowest BCUT2D eigenvalue weighted by Crippen LogP contribution is -2.37. The van der Waals surface area contributed by atoms with Crippen molar-refractivity contribution in [1.29, 1.82) is 0 Å². The highest BCUT2D eigenvalue weighted by atomic mass is 32.2. The fraction of sp³-hybridized carbons (Fsp3) is 0.556. The molecule has 0 aliphatic carbocycles. The van der Waals surface area contributed by atoms with Crippen molar-refractivity contribution < 1.29 is 14.3 Å². The van der Waals surface area contributed by atoms with E-state index in [4.69, 9.17) is 4.74 Å². The monoisotopic (exact) mass is 399 g/mol. The molecule has 0 bridgehead atoms. The molecule has 7 heteroatoms. The van der Waals surface area contributed by atoms with Crippen LogP contribution < -0.4 is 4.74 Å². The van der Waals surface area contributed by atoms with Gasteiger partial charge >= 0.3 is 6.09 Å². The summed E-state index contributed by atoms with van der Waals surface area (Å²) in [6, 6.07) is 7.68. The topological polar surface area (TPSA) is 46.6 Å². The van der Waals surface area contributed by atoms with E-state index in [1.165, 1.54) is 16.3 Å². The third kappa shape index (κ3) is 5.34. The van der Waals surface area contributed by atoms with Gasteiger partial charge in [0.1, 0.15) is 5.75 Å². The van der Waals surface area contributed by atoms with Crippen molar-refractivity contribution in [1.82, 2.24) is 4.31 Å². The molecule has 1 aliphatic heterocycles. The van der Waals surface area contributed by atoms with Crippen LogP contribution in [0.2, 0.25) is 0 Å². The molecule has 0 N–H and O–H groups in total. The van der Waals surface area contributed by atoms with E-state index in [0.717, 1.165) is 17.1 Å². The highest BCUT2D eigenvalue weighted by Gasteiger charge is 2.34. The Labute approximate surface area is 163 Å². The van der Waals surface area contributed by atoms with Gasteiger partial charge in [0.15, 0.2) is 5.78 Å². The van der Waals surface area contributed by atoms with Crippen LogP contribution in [0.15, 0.2) is 24.3 Å². The second-order valence-electron chi connectivity index (χ2n) is 6.60. The summed E-state index contributed by atoms with van der Waals surface area (Å²) in [6.07, 6.45) is -0.463. The molecule has 1 amide bonds. The molecule has 1 aromatic rings. The maximum absolute atomic E-state index is 12.5. The molecule has 0 atom stereocenters. The van der Waals surface area contributed by atoms with E-state index in [1.54, 1.807) is 7.05 Å². The standard InChI is InChI=1S/C18H25NO3S3/c1-12(2)15(20)18(3,4)25-19(5)17(21)22-14-9-7-6-8-13(14)16-23-10-11-24-16/h6-9,12,16H,10-11H2,1-5H3. The maximum atomic E-state index is 12.5. The SMILES string of the molecule is CC(C)C(=O)C(C)(C)SN(C)C(=O)Oc1ccccc1C1SCCS1. The van der Waals surface area contributed by atoms with Crippen LogP contribution in [0, 0.1) is 5.92 Å². The first kappa shape index (κ1) is 20.5. The number of hydrogen-bond donors (Lipinski definition) is 0. The van der Waals surface area contributed by atoms with Gasteiger partial charge in [-0.05, 0) is 31.9 Å². The highest BCUT2D eigenvalue weighted by Crippen LogP contribution is 2.48. The first-order valence-corrected chi connectivity index (χ1v) is 11.1. The number of ether oxygens (including phenoxy) is 1. The Balaban J connectivity index is 2.05. The molecule has 2 rings (SSSR count). The molecule has 0 saturated carbocycles. The molecule has 0 aromatic heterocycles. The zero-order valence-electron chi connectivity index (χ0n) is 15.3. The Hall–Kier alpha value is -0.790. The van der Waals surface area contributed by atoms with Gasteiger partial charge in [-0.3, -0.25) is 9.10 Å². The van der Waals surface area contributed by atoms with Crippen molar-refractivity contribution in [2.24, 2.45) is 5.92 Å². The summed E-state index contributed by atoms with van der Waals surface area (Å²) in [5.41, 5.74) is 1.04. The van der Waals surface area contributed by atoms with Crippen LogP contribution in [0.3, 0.4) is 0 Å². The van der Waals surface area contributed by atoms with Crippen LogP contribution in [0.25, 0.3) is 0 Å². The zero-order valence-corrected chi connectivity index (χ0v) is 17.7. The van der Waals surface area contributed by atoms with E-state index in [9.17, 15) is 9.59 Å². The van der Waals surface area contributed by atoms with Gasteiger partial charge in [0.2, 0.25) is 0 Å². The number of amides is 1. The lowest BCUT2D eigenvalue weighted by atomic mass is 9.98. The number of para-hydroxylation sites is 1. The molecular formula is C18H25NO3S3. The van der Waals surface area contributed by atoms with E-state index >= 15 is 0 Å². The fourth-order valence-electron chi connectivity index (χ4n) is 2.58. The van der Waals surface area contributed by atoms with Gasteiger partial charge < -0.3 is 4.74 Å². The van der Waals surface area contributed by atoms with Gasteiger partial charge in [-0.2, -0.15) is 0 Å². The second kappa shape index (κ2) is 8.73. The van der Waals surface area contributed by atoms with E-state index in [0.29, 0.717) is 10.3 Å². The van der Waals surface area contributed by atoms with E-state index in [-0.39, 0.29) is 11.7 Å². The Morgan fingerprint density at radius 2 is 1.84 bits per heavy atom. The second-order valence-corrected chi connectivity index (χ2v) is 11.1. The number of nitrogens with zero attached hydrogens (tertiary/aromatic N) is 1. The van der Waals surface area contributed by atoms with Gasteiger partial charge in [-0.25, -0.2) is 4.79 Å². The maximum Gasteiger partial charge on any atom is 0.425 e. The number of hydrogen-bond acceptors (Lipinski definition) is 6. The van der Waals surface area contributed by atoms with Gasteiger partial charge in [0.25, 0.3) is 0 Å². The van der Waals surface area contributed by atoms with Crippen molar-refractivity contribution in [3.05, 3.63) is 29.8 Å². The minimum atomic E-state index is -0.682. The molecule has 0 spiro atoms. The Morgan fingerprint density at radius 1 is 1.24 bits per heavy atom. The minimum absolute atomic E-state index is 0.0796. The number of benzene rings is 1. The first-order valence-electron chi connectivity index (χ1n) is 8.23. The Morgan fingerprint density at radius 3 is 2.44 bits per heavy atom. The van der Waals surface area contributed by atoms with Gasteiger partial charge in [-0.15, -0.1) is 23.5 Å². The lowest BCUT2D eigenvalue weighted by molar-refractivity contribution is -0.123. The first-order chi connectivity index (χ1) is 11.7. The van der Waals surface area contributed by atoms with Crippen LogP contribution in [-0.4, -0.2) is 39.5 Å². The smallest absolute Gasteiger partial charge is 0.409 e. The van der Waals surface area contributed by atoms with Crippen LogP contribution in [0.5, 0.6) is 5.75 Å². The summed E-state index contributed by atoms with van der Waals surface area (Å²) in [6.45, 7) is 7.42. The van der Waals surface area contributed by atoms with Crippen molar-refractivity contribution in [3.63, 3.8) is 0 Å². The molecule has 1 saturated heterocycles. The molecule has 1 heterocycles. The van der Waals surface area contributed by atoms with Gasteiger partial charge in [0, 0.05) is 30.0 Å². The highest BCUT2D eigenvalue weighted by molar-refractivity contribution is 8.19. The molecular weight excluding hydrogens is 374 g/mol. The number of ketones is 1. The molecule has 4 nitrogen and oxygen atoms in total. The van der Waals surface area contributed by atoms with Gasteiger partial charge in [0.05, 0.1) is 9.33 Å². The molecule has 0 unspecified atom stereocenters. The van der Waals surface area contributed by atoms with Crippen LogP contribution in [0.4, 0.5) is 4.79 Å². The van der Waals surface area contributed by atoms with Crippen LogP contribution in [0.1, 0.15) is 37.8 Å². The predicted octanol–water partition coefficient (Wildman–Crippen LogP) is 5.25. The molecule has 1 fully saturated rings. The van der Waals surface area contributed by atoms with Crippen LogP contribution >= 0.6 is 35.5 Å². The zero-order chi connectivity index (χ0) is 18.6. The quantitative estimate of drug-likeness (QED) is 0.609. The van der Waals surface area contributed by atoms with Crippen LogP contribution in [-0.2, 0) is 4.79 Å². The summed E-state index contributed by atoms with van der Waals surface area (Å²) in [5.74, 6) is 2.85. The van der Waals surface area contributed by atoms with Crippen molar-refractivity contribution in [3.8, 4) is 5.75 Å². The molecule has 1 aromatic carbocycles. The Kier molecular flexibility index (Phi) is 7.17. The number of rotatable bonds is 6. The summed E-state index contributed by atoms with van der Waals surface area (Å²) >= 11 is 4.94. The van der Waals surface area contributed by atoms with Crippen molar-refractivity contribution in [2.45, 2.75) is 37.0 Å². The average molecular weight is 400 g/mol. The minimum Gasteiger partial charge on any atom is -0.409 e. The van der Waals surface area contributed by atoms with E-state index < -0.39 is 10.8 Å². The molecule has 25 heavy (non-hydrogen) atoms. The summed E-state index contributed by atoms with van der Waals surface area (Å²) < 4.78 is 6.67. The number of carbonyl (C=O) groups excluding carboxylic acids is 2. The summed E-state index contributed by atoms with van der Waals surface area (Å²) in [7, 11) is 1.64. The van der Waals surface area contributed by atoms with Crippen molar-refractivity contribution in [2.75, 3.05) is 18.6 Å². The van der Waals surface area contributed by atoms with Crippen molar-refractivity contribution >= 4 is 47.3 Å². The third-order valence-electron chi connectivity index (χ3n) is 3.73. The van der Waals surface area contributed by atoms with E-state index in [2.05, 4.69) is 0 Å². The molecule has 138 valence electrons. The Bertz CT molecular complexity index is 628. The van der Waals surface area contributed by atoms with Gasteiger partial charge in [-0.1, -0.05) is 32.0 Å². The fourth-order valence-corrected chi connectivity index (χ4v) is 6.62. The summed E-state index contributed by atoms with van der Waals surface area (Å²) in [5, 5.41) is 0. The largest absolute Gasteiger partial charge is 0.425 e. The molecule has 1 aliphatic rings. The lowest BCUT2D eigenvalue weighted by Gasteiger charge is -2.28. The normalized spacial score (nSPS) is 15.4. The number of Topliss-reactive ketones (excluding diaryl/α,β-unsaturated/α-hetero) is 1. The number of thioether (sulfide) groups is 2. The summed E-state index contributed by atoms with van der Waals surface area (Å²) in [4.78, 5) is 24.8. The number of carbonyl (C=O) groups is 2. The third-order valence-corrected chi connectivity index (χ3v) is 7.88. The molecule has 0 radical (unpaired) electrons. The predicted molar refractivity (Wildman–Crippen MR) is 109 cm³/mol. The van der Waals surface area contributed by atoms with E-state index in [1.807, 2.05) is 75.5 Å². The average Bonchev–Trinajstić information content (AvgIpc) is 3.08.